The molecule has 0 aromatic heterocycles. The summed E-state index contributed by atoms with van der Waals surface area (Å²) in [7, 11) is 0. The van der Waals surface area contributed by atoms with E-state index in [2.05, 4.69) is 12.8 Å². The Bertz CT molecular complexity index is 224. The number of hydrogen-bond donors (Lipinski definition) is 3. The maximum atomic E-state index is 5.55. The van der Waals surface area contributed by atoms with Crippen LogP contribution >= 0.6 is 12.8 Å². The van der Waals surface area contributed by atoms with Gasteiger partial charge in [0.25, 0.3) is 0 Å². The monoisotopic (exact) mass is 155 g/mol. The fraction of sp³-hybridized carbons (Fsp3) is 0. The third kappa shape index (κ3) is 1.34. The van der Waals surface area contributed by atoms with Crippen LogP contribution in [0.3, 0.4) is 0 Å². The van der Waals surface area contributed by atoms with E-state index in [1.807, 2.05) is 12.1 Å². The molecule has 4 heteroatoms. The van der Waals surface area contributed by atoms with Gasteiger partial charge in [0.15, 0.2) is 0 Å². The van der Waals surface area contributed by atoms with E-state index in [0.29, 0.717) is 11.4 Å². The second-order valence-electron chi connectivity index (χ2n) is 1.90. The normalized spacial score (nSPS) is 9.40. The first-order valence-electron chi connectivity index (χ1n) is 2.80. The summed E-state index contributed by atoms with van der Waals surface area (Å²) in [5, 5.41) is 0. The third-order valence-corrected chi connectivity index (χ3v) is 1.40. The van der Waals surface area contributed by atoms with Crippen molar-refractivity contribution in [1.82, 2.24) is 0 Å². The number of thiol groups is 1. The molecule has 0 radical (unpaired) electrons. The summed E-state index contributed by atoms with van der Waals surface area (Å²) in [6, 6.07) is 7.26. The molecule has 10 heavy (non-hydrogen) atoms. The van der Waals surface area contributed by atoms with Gasteiger partial charge in [0, 0.05) is 0 Å². The average molecular weight is 155 g/mol. The highest BCUT2D eigenvalue weighted by Gasteiger charge is 1.98. The van der Waals surface area contributed by atoms with Crippen molar-refractivity contribution in [3.63, 3.8) is 0 Å². The van der Waals surface area contributed by atoms with Crippen molar-refractivity contribution in [3.8, 4) is 0 Å². The quantitative estimate of drug-likeness (QED) is 0.243. The summed E-state index contributed by atoms with van der Waals surface area (Å²) in [5.41, 5.74) is 6.89. The van der Waals surface area contributed by atoms with Gasteiger partial charge in [-0.25, -0.2) is 5.84 Å². The molecule has 0 unspecified atom stereocenters. The van der Waals surface area contributed by atoms with Gasteiger partial charge >= 0.3 is 0 Å². The summed E-state index contributed by atoms with van der Waals surface area (Å²) >= 11 is 3.89. The maximum absolute atomic E-state index is 5.55. The first-order valence-corrected chi connectivity index (χ1v) is 3.20. The summed E-state index contributed by atoms with van der Waals surface area (Å²) in [6.45, 7) is 0. The molecule has 4 N–H and O–H groups in total. The van der Waals surface area contributed by atoms with Crippen LogP contribution in [0.1, 0.15) is 0 Å². The van der Waals surface area contributed by atoms with E-state index in [-0.39, 0.29) is 0 Å². The Morgan fingerprint density at radius 3 is 2.30 bits per heavy atom. The lowest BCUT2D eigenvalue weighted by atomic mass is 10.3. The topological polar surface area (TPSA) is 55.3 Å². The number of nitrogens with zero attached hydrogens (tertiary/aromatic N) is 1. The Morgan fingerprint density at radius 2 is 1.90 bits per heavy atom. The van der Waals surface area contributed by atoms with Crippen LogP contribution < -0.4 is 16.0 Å². The number of para-hydroxylation sites is 2. The zero-order chi connectivity index (χ0) is 7.56. The van der Waals surface area contributed by atoms with Crippen LogP contribution in [0, 0.1) is 0 Å². The third-order valence-electron chi connectivity index (χ3n) is 1.18. The van der Waals surface area contributed by atoms with Crippen molar-refractivity contribution in [2.24, 2.45) is 5.84 Å². The van der Waals surface area contributed by atoms with Gasteiger partial charge in [0.05, 0.1) is 11.4 Å². The maximum Gasteiger partial charge on any atom is 0.0871 e. The fourth-order valence-corrected chi connectivity index (χ4v) is 0.878. The minimum Gasteiger partial charge on any atom is -0.397 e. The molecule has 1 aromatic rings. The molecule has 0 fully saturated rings. The Balaban J connectivity index is 3.03. The van der Waals surface area contributed by atoms with Crippen molar-refractivity contribution >= 4 is 24.2 Å². The predicted octanol–water partition coefficient (Wildman–Crippen LogP) is 0.794. The SMILES string of the molecule is Nc1ccccc1N(N)S. The fourth-order valence-electron chi connectivity index (χ4n) is 0.696. The molecule has 0 aliphatic carbocycles. The van der Waals surface area contributed by atoms with Crippen LogP contribution in [0.25, 0.3) is 0 Å². The average Bonchev–Trinajstić information content (AvgIpc) is 1.88. The first kappa shape index (κ1) is 7.24. The van der Waals surface area contributed by atoms with E-state index in [0.717, 1.165) is 0 Å². The lowest BCUT2D eigenvalue weighted by Crippen LogP contribution is -2.19. The summed E-state index contributed by atoms with van der Waals surface area (Å²) in [4.78, 5) is 0. The zero-order valence-electron chi connectivity index (χ0n) is 5.36. The van der Waals surface area contributed by atoms with Gasteiger partial charge in [-0.1, -0.05) is 12.1 Å². The lowest BCUT2D eigenvalue weighted by Gasteiger charge is -2.11. The van der Waals surface area contributed by atoms with Gasteiger partial charge in [-0.05, 0) is 24.9 Å². The van der Waals surface area contributed by atoms with Gasteiger partial charge in [-0.15, -0.1) is 0 Å². The molecule has 0 bridgehead atoms. The molecule has 0 saturated heterocycles. The molecule has 0 amide bonds. The number of benzene rings is 1. The molecule has 0 aliphatic heterocycles. The van der Waals surface area contributed by atoms with Crippen LogP contribution in [0.4, 0.5) is 11.4 Å². The molecule has 0 spiro atoms. The second-order valence-corrected chi connectivity index (χ2v) is 2.33. The summed E-state index contributed by atoms with van der Waals surface area (Å²) in [5.74, 6) is 5.33. The minimum atomic E-state index is 0.625. The first-order chi connectivity index (χ1) is 4.72. The number of hydrazine groups is 1. The molecule has 3 nitrogen and oxygen atoms in total. The molecule has 0 atom stereocenters. The smallest absolute Gasteiger partial charge is 0.0871 e. The number of hydrogen-bond acceptors (Lipinski definition) is 4. The molecular weight excluding hydrogens is 146 g/mol. The van der Waals surface area contributed by atoms with E-state index in [4.69, 9.17) is 11.6 Å². The van der Waals surface area contributed by atoms with Crippen LogP contribution in [0.2, 0.25) is 0 Å². The zero-order valence-corrected chi connectivity index (χ0v) is 6.25. The van der Waals surface area contributed by atoms with Crippen molar-refractivity contribution in [1.29, 1.82) is 0 Å². The summed E-state index contributed by atoms with van der Waals surface area (Å²) in [6.07, 6.45) is 0. The lowest BCUT2D eigenvalue weighted by molar-refractivity contribution is 1.22. The highest BCUT2D eigenvalue weighted by atomic mass is 32.1. The van der Waals surface area contributed by atoms with E-state index in [9.17, 15) is 0 Å². The predicted molar refractivity (Wildman–Crippen MR) is 46.5 cm³/mol. The minimum absolute atomic E-state index is 0.625. The van der Waals surface area contributed by atoms with Gasteiger partial charge in [-0.3, -0.25) is 4.41 Å². The van der Waals surface area contributed by atoms with Crippen LogP contribution in [0.15, 0.2) is 24.3 Å². The Kier molecular flexibility index (Phi) is 2.03. The Labute approximate surface area is 65.1 Å². The molecule has 1 aromatic carbocycles. The molecule has 0 heterocycles. The highest BCUT2D eigenvalue weighted by Crippen LogP contribution is 2.20. The van der Waals surface area contributed by atoms with Crippen LogP contribution in [0.5, 0.6) is 0 Å². The number of nitrogen functional groups attached to an aromatic ring is 1. The second kappa shape index (κ2) is 2.81. The molecule has 0 saturated carbocycles. The standard InChI is InChI=1S/C6H9N3S/c7-5-3-1-2-4-6(5)9(8)10/h1-4,10H,7-8H2. The Hall–Kier alpha value is -0.870. The van der Waals surface area contributed by atoms with Crippen LogP contribution in [-0.2, 0) is 0 Å². The van der Waals surface area contributed by atoms with Crippen LogP contribution in [-0.4, -0.2) is 0 Å². The Morgan fingerprint density at radius 1 is 1.30 bits per heavy atom. The van der Waals surface area contributed by atoms with Crippen molar-refractivity contribution in [3.05, 3.63) is 24.3 Å². The number of rotatable bonds is 1. The number of anilines is 2. The van der Waals surface area contributed by atoms with Crippen molar-refractivity contribution < 1.29 is 0 Å². The van der Waals surface area contributed by atoms with Gasteiger partial charge < -0.3 is 5.73 Å². The van der Waals surface area contributed by atoms with Crippen molar-refractivity contribution in [2.45, 2.75) is 0 Å². The van der Waals surface area contributed by atoms with Crippen molar-refractivity contribution in [2.75, 3.05) is 10.1 Å². The van der Waals surface area contributed by atoms with E-state index in [1.165, 1.54) is 4.41 Å². The summed E-state index contributed by atoms with van der Waals surface area (Å²) < 4.78 is 1.19. The highest BCUT2D eigenvalue weighted by molar-refractivity contribution is 7.81. The molecule has 0 aliphatic rings. The van der Waals surface area contributed by atoms with E-state index in [1.54, 1.807) is 12.1 Å². The van der Waals surface area contributed by atoms with Gasteiger partial charge in [0.1, 0.15) is 0 Å². The molecule has 1 rings (SSSR count). The van der Waals surface area contributed by atoms with Gasteiger partial charge in [0.2, 0.25) is 0 Å². The van der Waals surface area contributed by atoms with E-state index >= 15 is 0 Å². The number of nitrogens with two attached hydrogens (primary N) is 2. The van der Waals surface area contributed by atoms with E-state index < -0.39 is 0 Å². The molecule has 54 valence electrons. The largest absolute Gasteiger partial charge is 0.397 e. The van der Waals surface area contributed by atoms with Gasteiger partial charge in [-0.2, -0.15) is 0 Å². The molecular formula is C6H9N3S.